The molecule has 0 saturated carbocycles. The Bertz CT molecular complexity index is 458. The first-order valence-corrected chi connectivity index (χ1v) is 7.30. The zero-order chi connectivity index (χ0) is 14.0. The topological polar surface area (TPSA) is 37.3 Å². The van der Waals surface area contributed by atoms with Crippen LogP contribution in [-0.4, -0.2) is 40.5 Å². The van der Waals surface area contributed by atoms with Crippen molar-refractivity contribution in [1.29, 1.82) is 0 Å². The molecule has 5 heteroatoms. The van der Waals surface area contributed by atoms with Crippen LogP contribution in [0.2, 0.25) is 5.02 Å². The zero-order valence-electron chi connectivity index (χ0n) is 11.8. The molecular weight excluding hydrogens is 262 g/mol. The number of carbonyl (C=O) groups excluding carboxylic acids is 1. The lowest BCUT2D eigenvalue weighted by Gasteiger charge is -2.40. The third-order valence-corrected chi connectivity index (χ3v) is 4.12. The highest BCUT2D eigenvalue weighted by atomic mass is 35.5. The van der Waals surface area contributed by atoms with E-state index >= 15 is 0 Å². The number of hydrogen-bond acceptors (Lipinski definition) is 2. The zero-order valence-corrected chi connectivity index (χ0v) is 12.6. The predicted octanol–water partition coefficient (Wildman–Crippen LogP) is 2.28. The summed E-state index contributed by atoms with van der Waals surface area (Å²) in [6.07, 6.45) is 3.77. The minimum Gasteiger partial charge on any atom is -0.345 e. The molecule has 0 aliphatic carbocycles. The van der Waals surface area contributed by atoms with Gasteiger partial charge in [-0.1, -0.05) is 25.4 Å². The van der Waals surface area contributed by atoms with Crippen molar-refractivity contribution in [2.75, 3.05) is 13.1 Å². The Morgan fingerprint density at radius 2 is 2.21 bits per heavy atom. The second kappa shape index (κ2) is 5.97. The molecule has 2 unspecified atom stereocenters. The van der Waals surface area contributed by atoms with Crippen LogP contribution in [-0.2, 0) is 7.05 Å². The van der Waals surface area contributed by atoms with Crippen molar-refractivity contribution in [3.05, 3.63) is 23.0 Å². The van der Waals surface area contributed by atoms with Gasteiger partial charge in [-0.15, -0.1) is 0 Å². The Labute approximate surface area is 119 Å². The molecule has 1 N–H and O–H groups in total. The third kappa shape index (κ3) is 2.95. The average molecular weight is 284 g/mol. The molecule has 2 atom stereocenters. The van der Waals surface area contributed by atoms with Crippen molar-refractivity contribution in [2.24, 2.45) is 7.05 Å². The number of hydrogen-bond donors (Lipinski definition) is 1. The highest BCUT2D eigenvalue weighted by Crippen LogP contribution is 2.19. The number of aryl methyl sites for hydroxylation is 1. The van der Waals surface area contributed by atoms with Crippen LogP contribution in [0.1, 0.15) is 37.2 Å². The summed E-state index contributed by atoms with van der Waals surface area (Å²) in [5, 5.41) is 4.11. The maximum Gasteiger partial charge on any atom is 0.270 e. The van der Waals surface area contributed by atoms with Crippen molar-refractivity contribution in [3.63, 3.8) is 0 Å². The van der Waals surface area contributed by atoms with E-state index in [-0.39, 0.29) is 11.9 Å². The Hall–Kier alpha value is -1.00. The summed E-state index contributed by atoms with van der Waals surface area (Å²) in [7, 11) is 1.86. The molecule has 0 aromatic carbocycles. The van der Waals surface area contributed by atoms with Gasteiger partial charge in [-0.25, -0.2) is 0 Å². The van der Waals surface area contributed by atoms with Crippen molar-refractivity contribution in [3.8, 4) is 0 Å². The lowest BCUT2D eigenvalue weighted by Crippen LogP contribution is -2.58. The van der Waals surface area contributed by atoms with Gasteiger partial charge in [0.25, 0.3) is 5.91 Å². The fourth-order valence-corrected chi connectivity index (χ4v) is 2.88. The highest BCUT2D eigenvalue weighted by Gasteiger charge is 2.31. The molecule has 0 radical (unpaired) electrons. The summed E-state index contributed by atoms with van der Waals surface area (Å²) in [5.74, 6) is 0.0844. The molecule has 4 nitrogen and oxygen atoms in total. The molecule has 1 saturated heterocycles. The molecule has 0 bridgehead atoms. The highest BCUT2D eigenvalue weighted by molar-refractivity contribution is 6.31. The minimum absolute atomic E-state index is 0.0844. The van der Waals surface area contributed by atoms with Crippen molar-refractivity contribution in [1.82, 2.24) is 14.8 Å². The van der Waals surface area contributed by atoms with Gasteiger partial charge in [0, 0.05) is 38.4 Å². The smallest absolute Gasteiger partial charge is 0.270 e. The Balaban J connectivity index is 2.21. The molecule has 1 fully saturated rings. The second-order valence-electron chi connectivity index (χ2n) is 5.19. The number of rotatable bonds is 3. The molecule has 1 aliphatic heterocycles. The van der Waals surface area contributed by atoms with Gasteiger partial charge in [-0.2, -0.15) is 0 Å². The molecule has 1 aromatic heterocycles. The maximum atomic E-state index is 12.7. The van der Waals surface area contributed by atoms with Gasteiger partial charge in [0.05, 0.1) is 5.02 Å². The SMILES string of the molecule is CCC1CN(C(=O)c2cc(Cl)cn2C)C(CC)CN1. The molecular formula is C14H22ClN3O. The van der Waals surface area contributed by atoms with Crippen LogP contribution in [0.25, 0.3) is 0 Å². The van der Waals surface area contributed by atoms with Gasteiger partial charge in [0.1, 0.15) is 5.69 Å². The van der Waals surface area contributed by atoms with Crippen molar-refractivity contribution < 1.29 is 4.79 Å². The van der Waals surface area contributed by atoms with Crippen LogP contribution >= 0.6 is 11.6 Å². The number of nitrogens with one attached hydrogen (secondary N) is 1. The largest absolute Gasteiger partial charge is 0.345 e. The molecule has 1 amide bonds. The lowest BCUT2D eigenvalue weighted by atomic mass is 10.0. The average Bonchev–Trinajstić information content (AvgIpc) is 2.76. The van der Waals surface area contributed by atoms with E-state index in [1.54, 1.807) is 16.8 Å². The number of amides is 1. The molecule has 2 heterocycles. The Morgan fingerprint density at radius 3 is 2.74 bits per heavy atom. The number of halogens is 1. The van der Waals surface area contributed by atoms with E-state index in [2.05, 4.69) is 19.2 Å². The van der Waals surface area contributed by atoms with Crippen molar-refractivity contribution in [2.45, 2.75) is 38.8 Å². The van der Waals surface area contributed by atoms with Gasteiger partial charge in [0.15, 0.2) is 0 Å². The van der Waals surface area contributed by atoms with E-state index in [1.165, 1.54) is 0 Å². The fraction of sp³-hybridized carbons (Fsp3) is 0.643. The lowest BCUT2D eigenvalue weighted by molar-refractivity contribution is 0.0566. The molecule has 1 aromatic rings. The van der Waals surface area contributed by atoms with Crippen LogP contribution < -0.4 is 5.32 Å². The van der Waals surface area contributed by atoms with Crippen LogP contribution in [0.4, 0.5) is 0 Å². The van der Waals surface area contributed by atoms with Crippen molar-refractivity contribution >= 4 is 17.5 Å². The number of piperazine rings is 1. The van der Waals surface area contributed by atoms with Gasteiger partial charge in [0.2, 0.25) is 0 Å². The van der Waals surface area contributed by atoms with E-state index < -0.39 is 0 Å². The fourth-order valence-electron chi connectivity index (χ4n) is 2.63. The third-order valence-electron chi connectivity index (χ3n) is 3.92. The Morgan fingerprint density at radius 1 is 1.47 bits per heavy atom. The van der Waals surface area contributed by atoms with Gasteiger partial charge < -0.3 is 14.8 Å². The van der Waals surface area contributed by atoms with E-state index in [9.17, 15) is 4.79 Å². The van der Waals surface area contributed by atoms with Crippen LogP contribution in [0, 0.1) is 0 Å². The predicted molar refractivity (Wildman–Crippen MR) is 77.6 cm³/mol. The number of nitrogens with zero attached hydrogens (tertiary/aromatic N) is 2. The summed E-state index contributed by atoms with van der Waals surface area (Å²) in [4.78, 5) is 14.7. The molecule has 106 valence electrons. The molecule has 2 rings (SSSR count). The van der Waals surface area contributed by atoms with E-state index in [1.807, 2.05) is 11.9 Å². The maximum absolute atomic E-state index is 12.7. The summed E-state index contributed by atoms with van der Waals surface area (Å²) in [6, 6.07) is 2.41. The normalized spacial score (nSPS) is 23.7. The van der Waals surface area contributed by atoms with Gasteiger partial charge >= 0.3 is 0 Å². The summed E-state index contributed by atoms with van der Waals surface area (Å²) >= 11 is 5.97. The van der Waals surface area contributed by atoms with E-state index in [4.69, 9.17) is 11.6 Å². The van der Waals surface area contributed by atoms with Gasteiger partial charge in [-0.3, -0.25) is 4.79 Å². The monoisotopic (exact) mass is 283 g/mol. The standard InChI is InChI=1S/C14H22ClN3O/c1-4-11-9-18(12(5-2)7-16-11)14(19)13-6-10(15)8-17(13)3/h6,8,11-12,16H,4-5,7,9H2,1-3H3. The first-order chi connectivity index (χ1) is 9.06. The van der Waals surface area contributed by atoms with Crippen LogP contribution in [0.3, 0.4) is 0 Å². The van der Waals surface area contributed by atoms with Crippen LogP contribution in [0.15, 0.2) is 12.3 Å². The molecule has 0 spiro atoms. The number of aromatic nitrogens is 1. The Kier molecular flexibility index (Phi) is 4.53. The molecule has 19 heavy (non-hydrogen) atoms. The second-order valence-corrected chi connectivity index (χ2v) is 5.62. The van der Waals surface area contributed by atoms with Crippen LogP contribution in [0.5, 0.6) is 0 Å². The van der Waals surface area contributed by atoms with Gasteiger partial charge in [-0.05, 0) is 18.9 Å². The summed E-state index contributed by atoms with van der Waals surface area (Å²) in [6.45, 7) is 5.92. The first kappa shape index (κ1) is 14.4. The van der Waals surface area contributed by atoms with E-state index in [0.717, 1.165) is 25.9 Å². The minimum atomic E-state index is 0.0844. The summed E-state index contributed by atoms with van der Waals surface area (Å²) < 4.78 is 1.81. The summed E-state index contributed by atoms with van der Waals surface area (Å²) in [5.41, 5.74) is 0.667. The number of carbonyl (C=O) groups is 1. The van der Waals surface area contributed by atoms with E-state index in [0.29, 0.717) is 16.8 Å². The molecule has 1 aliphatic rings. The first-order valence-electron chi connectivity index (χ1n) is 6.93. The quantitative estimate of drug-likeness (QED) is 0.924.